The maximum absolute atomic E-state index is 14.8. The van der Waals surface area contributed by atoms with Gasteiger partial charge in [-0.05, 0) is 38.0 Å². The maximum atomic E-state index is 14.8. The van der Waals surface area contributed by atoms with Crippen LogP contribution in [0.1, 0.15) is 53.8 Å². The summed E-state index contributed by atoms with van der Waals surface area (Å²) in [7, 11) is 0. The Morgan fingerprint density at radius 3 is 2.44 bits per heavy atom. The lowest BCUT2D eigenvalue weighted by Crippen LogP contribution is -2.36. The molecular weight excluding hydrogens is 502 g/mol. The highest BCUT2D eigenvalue weighted by atomic mass is 35.5. The van der Waals surface area contributed by atoms with Crippen molar-refractivity contribution in [2.45, 2.75) is 38.4 Å². The van der Waals surface area contributed by atoms with Crippen LogP contribution >= 0.6 is 11.6 Å². The number of aromatic nitrogens is 3. The molecule has 36 heavy (non-hydrogen) atoms. The average Bonchev–Trinajstić information content (AvgIpc) is 3.61. The Kier molecular flexibility index (Phi) is 6.94. The van der Waals surface area contributed by atoms with E-state index < -0.39 is 34.9 Å². The van der Waals surface area contributed by atoms with Crippen molar-refractivity contribution in [1.29, 1.82) is 0 Å². The van der Waals surface area contributed by atoms with Gasteiger partial charge in [-0.2, -0.15) is 13.2 Å². The smallest absolute Gasteiger partial charge is 0.354 e. The van der Waals surface area contributed by atoms with Crippen LogP contribution in [0, 0.1) is 11.2 Å². The molecule has 1 amide bonds. The van der Waals surface area contributed by atoms with Gasteiger partial charge in [-0.15, -0.1) is 0 Å². The number of nitrogens with one attached hydrogen (secondary N) is 2. The van der Waals surface area contributed by atoms with Gasteiger partial charge in [0.2, 0.25) is 5.91 Å². The van der Waals surface area contributed by atoms with Gasteiger partial charge in [0.1, 0.15) is 12.1 Å². The second kappa shape index (κ2) is 9.81. The predicted octanol–water partition coefficient (Wildman–Crippen LogP) is 5.66. The van der Waals surface area contributed by atoms with Crippen LogP contribution in [0.25, 0.3) is 0 Å². The molecule has 1 saturated carbocycles. The van der Waals surface area contributed by atoms with E-state index in [0.29, 0.717) is 18.4 Å². The van der Waals surface area contributed by atoms with Crippen molar-refractivity contribution >= 4 is 34.7 Å². The monoisotopic (exact) mass is 521 g/mol. The number of anilines is 2. The molecule has 2 heterocycles. The van der Waals surface area contributed by atoms with E-state index in [1.165, 1.54) is 37.9 Å². The lowest BCUT2D eigenvalue weighted by Gasteiger charge is -2.20. The number of hydrogen-bond acceptors (Lipinski definition) is 6. The van der Waals surface area contributed by atoms with E-state index >= 15 is 0 Å². The predicted molar refractivity (Wildman–Crippen MR) is 123 cm³/mol. The van der Waals surface area contributed by atoms with Gasteiger partial charge in [0.05, 0.1) is 45.8 Å². The van der Waals surface area contributed by atoms with E-state index in [9.17, 15) is 27.2 Å². The van der Waals surface area contributed by atoms with Crippen molar-refractivity contribution < 1.29 is 27.2 Å². The number of carbonyl (C=O) groups is 2. The fourth-order valence-corrected chi connectivity index (χ4v) is 3.93. The summed E-state index contributed by atoms with van der Waals surface area (Å²) >= 11 is 5.68. The number of benzene rings is 1. The molecule has 0 bridgehead atoms. The lowest BCUT2D eigenvalue weighted by molar-refractivity contribution is -0.137. The van der Waals surface area contributed by atoms with Gasteiger partial charge >= 0.3 is 6.18 Å². The van der Waals surface area contributed by atoms with Crippen LogP contribution in [0.4, 0.5) is 28.9 Å². The second-order valence-electron chi connectivity index (χ2n) is 8.61. The van der Waals surface area contributed by atoms with Crippen molar-refractivity contribution in [2.75, 3.05) is 5.32 Å². The molecule has 1 aliphatic carbocycles. The number of alkyl halides is 3. The first-order chi connectivity index (χ1) is 17.0. The van der Waals surface area contributed by atoms with Crippen LogP contribution in [0.2, 0.25) is 5.02 Å². The number of hydrogen-bond donors (Lipinski definition) is 2. The summed E-state index contributed by atoms with van der Waals surface area (Å²) in [6.07, 6.45) is 1.53. The summed E-state index contributed by atoms with van der Waals surface area (Å²) < 4.78 is 54.8. The van der Waals surface area contributed by atoms with Gasteiger partial charge in [0, 0.05) is 29.9 Å². The summed E-state index contributed by atoms with van der Waals surface area (Å²) in [6.45, 7) is 1.53. The standard InChI is InChI=1S/C24H20ClF4N5O2/c1-13(33-22(36)23(4-5-23)8-20(35)14-9-30-12-31-10-14)21-18(26)7-16(11-32-21)34-19-3-2-15(25)6-17(19)24(27,28)29/h2-3,6-7,9-13,34H,4-5,8H2,1H3,(H,33,36)/t13-/m1/s1. The number of amides is 1. The first-order valence-electron chi connectivity index (χ1n) is 10.9. The van der Waals surface area contributed by atoms with E-state index in [0.717, 1.165) is 18.2 Å². The molecule has 3 aromatic rings. The zero-order chi connectivity index (χ0) is 26.1. The summed E-state index contributed by atoms with van der Waals surface area (Å²) in [6, 6.07) is 3.32. The Balaban J connectivity index is 1.44. The Labute approximate surface area is 208 Å². The Bertz CT molecular complexity index is 1300. The van der Waals surface area contributed by atoms with E-state index in [-0.39, 0.29) is 34.3 Å². The molecule has 1 fully saturated rings. The van der Waals surface area contributed by atoms with E-state index in [2.05, 4.69) is 25.6 Å². The normalized spacial score (nSPS) is 15.2. The van der Waals surface area contributed by atoms with Crippen LogP contribution in [0.3, 0.4) is 0 Å². The molecule has 0 saturated heterocycles. The Morgan fingerprint density at radius 2 is 1.83 bits per heavy atom. The van der Waals surface area contributed by atoms with Crippen molar-refractivity contribution in [3.8, 4) is 0 Å². The highest BCUT2D eigenvalue weighted by Gasteiger charge is 2.51. The highest BCUT2D eigenvalue weighted by Crippen LogP contribution is 2.50. The summed E-state index contributed by atoms with van der Waals surface area (Å²) in [4.78, 5) is 37.0. The summed E-state index contributed by atoms with van der Waals surface area (Å²) in [5.74, 6) is -1.49. The third-order valence-electron chi connectivity index (χ3n) is 5.91. The molecule has 2 N–H and O–H groups in total. The van der Waals surface area contributed by atoms with Crippen molar-refractivity contribution in [2.24, 2.45) is 5.41 Å². The SMILES string of the molecule is C[C@@H](NC(=O)C1(CC(=O)c2cncnc2)CC1)c1ncc(Nc2ccc(Cl)cc2C(F)(F)F)cc1F. The van der Waals surface area contributed by atoms with Crippen molar-refractivity contribution in [3.05, 3.63) is 76.8 Å². The number of nitrogens with zero attached hydrogens (tertiary/aromatic N) is 3. The number of halogens is 5. The molecule has 1 aliphatic rings. The van der Waals surface area contributed by atoms with Gasteiger partial charge in [-0.1, -0.05) is 11.6 Å². The number of carbonyl (C=O) groups excluding carboxylic acids is 2. The van der Waals surface area contributed by atoms with Crippen LogP contribution < -0.4 is 10.6 Å². The zero-order valence-electron chi connectivity index (χ0n) is 18.9. The third kappa shape index (κ3) is 5.62. The molecule has 12 heteroatoms. The highest BCUT2D eigenvalue weighted by molar-refractivity contribution is 6.30. The first-order valence-corrected chi connectivity index (χ1v) is 11.2. The maximum Gasteiger partial charge on any atom is 0.418 e. The van der Waals surface area contributed by atoms with Gasteiger partial charge < -0.3 is 10.6 Å². The van der Waals surface area contributed by atoms with Gasteiger partial charge in [-0.3, -0.25) is 14.6 Å². The number of rotatable bonds is 8. The van der Waals surface area contributed by atoms with E-state index in [1.54, 1.807) is 0 Å². The van der Waals surface area contributed by atoms with Gasteiger partial charge in [-0.25, -0.2) is 14.4 Å². The first kappa shape index (κ1) is 25.5. The molecule has 4 rings (SSSR count). The molecule has 1 atom stereocenters. The molecular formula is C24H20ClF4N5O2. The van der Waals surface area contributed by atoms with E-state index in [1.807, 2.05) is 0 Å². The molecule has 0 spiro atoms. The van der Waals surface area contributed by atoms with Crippen molar-refractivity contribution in [3.63, 3.8) is 0 Å². The molecule has 0 radical (unpaired) electrons. The number of pyridine rings is 1. The minimum atomic E-state index is -4.67. The topological polar surface area (TPSA) is 96.9 Å². The molecule has 0 unspecified atom stereocenters. The van der Waals surface area contributed by atoms with Crippen LogP contribution in [-0.4, -0.2) is 26.6 Å². The fourth-order valence-electron chi connectivity index (χ4n) is 3.76. The van der Waals surface area contributed by atoms with Crippen LogP contribution in [0.5, 0.6) is 0 Å². The quantitative estimate of drug-likeness (QED) is 0.293. The molecule has 0 aliphatic heterocycles. The third-order valence-corrected chi connectivity index (χ3v) is 6.15. The van der Waals surface area contributed by atoms with Gasteiger partial charge in [0.25, 0.3) is 0 Å². The minimum Gasteiger partial charge on any atom is -0.354 e. The molecule has 188 valence electrons. The Hall–Kier alpha value is -3.60. The largest absolute Gasteiger partial charge is 0.418 e. The Morgan fingerprint density at radius 1 is 1.14 bits per heavy atom. The average molecular weight is 522 g/mol. The molecule has 2 aromatic heterocycles. The number of ketones is 1. The summed E-state index contributed by atoms with van der Waals surface area (Å²) in [5.41, 5.74) is -2.02. The molecule has 7 nitrogen and oxygen atoms in total. The summed E-state index contributed by atoms with van der Waals surface area (Å²) in [5, 5.41) is 5.11. The van der Waals surface area contributed by atoms with Gasteiger partial charge in [0.15, 0.2) is 5.78 Å². The van der Waals surface area contributed by atoms with Crippen molar-refractivity contribution in [1.82, 2.24) is 20.3 Å². The van der Waals surface area contributed by atoms with Crippen LogP contribution in [-0.2, 0) is 11.0 Å². The van der Waals surface area contributed by atoms with E-state index in [4.69, 9.17) is 11.6 Å². The lowest BCUT2D eigenvalue weighted by atomic mass is 9.95. The minimum absolute atomic E-state index is 0.0167. The molecule has 1 aromatic carbocycles. The zero-order valence-corrected chi connectivity index (χ0v) is 19.6. The fraction of sp³-hybridized carbons (Fsp3) is 0.292. The number of Topliss-reactive ketones (excluding diaryl/α,β-unsaturated/α-hetero) is 1. The van der Waals surface area contributed by atoms with Crippen LogP contribution in [0.15, 0.2) is 49.2 Å². The second-order valence-corrected chi connectivity index (χ2v) is 9.04.